The number of nitrogens with zero attached hydrogens (tertiary/aromatic N) is 2. The van der Waals surface area contributed by atoms with Gasteiger partial charge in [-0.25, -0.2) is 17.6 Å². The Labute approximate surface area is 237 Å². The first-order valence-corrected chi connectivity index (χ1v) is 14.5. The van der Waals surface area contributed by atoms with Gasteiger partial charge in [0.1, 0.15) is 5.82 Å². The number of aromatic nitrogens is 1. The third kappa shape index (κ3) is 7.47. The Bertz CT molecular complexity index is 1500. The molecule has 0 saturated heterocycles. The second kappa shape index (κ2) is 12.6. The summed E-state index contributed by atoms with van der Waals surface area (Å²) in [5, 5.41) is 5.44. The average molecular weight is 662 g/mol. The van der Waals surface area contributed by atoms with Crippen LogP contribution >= 0.6 is 31.9 Å². The molecule has 1 aromatic heterocycles. The molecular formula is C27H23Br2FN4O3S. The standard InChI is InChI=1S/C27H23Br2FN4O3S/c28-22-4-3-21(26(29)15-22)18-34(17-20-1-5-23(30)6-2-20)38(36,37)25-9-7-24(8-10-25)33-27(35)32-16-19-11-13-31-14-12-19/h1-15H,16-18H2,(H2,32,33,35). The molecule has 4 rings (SSSR count). The lowest BCUT2D eigenvalue weighted by Gasteiger charge is -2.23. The van der Waals surface area contributed by atoms with Crippen molar-refractivity contribution in [2.24, 2.45) is 0 Å². The number of rotatable bonds is 9. The van der Waals surface area contributed by atoms with Gasteiger partial charge in [-0.3, -0.25) is 4.98 Å². The molecule has 2 N–H and O–H groups in total. The van der Waals surface area contributed by atoms with Crippen LogP contribution in [0, 0.1) is 5.82 Å². The summed E-state index contributed by atoms with van der Waals surface area (Å²) >= 11 is 6.91. The SMILES string of the molecule is O=C(NCc1ccncc1)Nc1ccc(S(=O)(=O)N(Cc2ccc(F)cc2)Cc2ccc(Br)cc2Br)cc1. The van der Waals surface area contributed by atoms with Gasteiger partial charge in [-0.1, -0.05) is 50.1 Å². The number of carbonyl (C=O) groups excluding carboxylic acids is 1. The molecule has 0 atom stereocenters. The van der Waals surface area contributed by atoms with Gasteiger partial charge in [0.25, 0.3) is 0 Å². The maximum Gasteiger partial charge on any atom is 0.319 e. The minimum absolute atomic E-state index is 0.0442. The van der Waals surface area contributed by atoms with Crippen molar-refractivity contribution in [3.05, 3.63) is 123 Å². The first kappa shape index (κ1) is 27.9. The van der Waals surface area contributed by atoms with Crippen molar-refractivity contribution in [1.29, 1.82) is 0 Å². The molecule has 38 heavy (non-hydrogen) atoms. The predicted molar refractivity (Wildman–Crippen MR) is 151 cm³/mol. The Morgan fingerprint density at radius 3 is 2.21 bits per heavy atom. The van der Waals surface area contributed by atoms with Gasteiger partial charge in [0, 0.05) is 46.7 Å². The maximum atomic E-state index is 13.7. The zero-order chi connectivity index (χ0) is 27.1. The molecule has 0 spiro atoms. The number of hydrogen-bond acceptors (Lipinski definition) is 4. The van der Waals surface area contributed by atoms with E-state index in [1.807, 2.05) is 18.2 Å². The Hall–Kier alpha value is -3.12. The lowest BCUT2D eigenvalue weighted by Crippen LogP contribution is -2.30. The monoisotopic (exact) mass is 660 g/mol. The highest BCUT2D eigenvalue weighted by molar-refractivity contribution is 9.11. The Morgan fingerprint density at radius 1 is 0.868 bits per heavy atom. The summed E-state index contributed by atoms with van der Waals surface area (Å²) in [7, 11) is -3.95. The molecule has 7 nitrogen and oxygen atoms in total. The second-order valence-electron chi connectivity index (χ2n) is 8.32. The van der Waals surface area contributed by atoms with Gasteiger partial charge in [0.05, 0.1) is 4.90 Å². The molecule has 0 unspecified atom stereocenters. The van der Waals surface area contributed by atoms with Crippen LogP contribution in [0.1, 0.15) is 16.7 Å². The first-order valence-electron chi connectivity index (χ1n) is 11.4. The van der Waals surface area contributed by atoms with Crippen LogP contribution in [0.4, 0.5) is 14.9 Å². The zero-order valence-corrected chi connectivity index (χ0v) is 23.9. The van der Waals surface area contributed by atoms with Gasteiger partial charge in [-0.15, -0.1) is 0 Å². The maximum absolute atomic E-state index is 13.7. The van der Waals surface area contributed by atoms with Gasteiger partial charge in [0.2, 0.25) is 10.0 Å². The number of urea groups is 1. The topological polar surface area (TPSA) is 91.4 Å². The van der Waals surface area contributed by atoms with E-state index in [1.54, 1.807) is 36.7 Å². The third-order valence-electron chi connectivity index (χ3n) is 5.59. The number of nitrogens with one attached hydrogen (secondary N) is 2. The fourth-order valence-corrected chi connectivity index (χ4v) is 6.16. The number of hydrogen-bond donors (Lipinski definition) is 2. The Morgan fingerprint density at radius 2 is 1.55 bits per heavy atom. The molecule has 0 fully saturated rings. The summed E-state index contributed by atoms with van der Waals surface area (Å²) in [6.45, 7) is 0.457. The quantitative estimate of drug-likeness (QED) is 0.216. The minimum Gasteiger partial charge on any atom is -0.334 e. The molecule has 4 aromatic rings. The molecule has 11 heteroatoms. The van der Waals surface area contributed by atoms with Crippen molar-refractivity contribution in [3.63, 3.8) is 0 Å². The fraction of sp³-hybridized carbons (Fsp3) is 0.111. The number of pyridine rings is 1. The number of anilines is 1. The molecule has 0 aliphatic carbocycles. The van der Waals surface area contributed by atoms with Crippen LogP contribution in [-0.2, 0) is 29.7 Å². The molecule has 1 heterocycles. The van der Waals surface area contributed by atoms with E-state index in [4.69, 9.17) is 0 Å². The molecule has 0 radical (unpaired) electrons. The Kier molecular flexibility index (Phi) is 9.26. The van der Waals surface area contributed by atoms with Crippen molar-refractivity contribution in [2.75, 3.05) is 5.32 Å². The lowest BCUT2D eigenvalue weighted by molar-refractivity contribution is 0.251. The van der Waals surface area contributed by atoms with Crippen LogP contribution < -0.4 is 10.6 Å². The Balaban J connectivity index is 1.51. The van der Waals surface area contributed by atoms with Crippen LogP contribution in [0.25, 0.3) is 0 Å². The highest BCUT2D eigenvalue weighted by atomic mass is 79.9. The zero-order valence-electron chi connectivity index (χ0n) is 19.9. The van der Waals surface area contributed by atoms with E-state index in [2.05, 4.69) is 47.5 Å². The number of benzene rings is 3. The van der Waals surface area contributed by atoms with E-state index in [0.29, 0.717) is 17.8 Å². The van der Waals surface area contributed by atoms with E-state index in [1.165, 1.54) is 40.7 Å². The largest absolute Gasteiger partial charge is 0.334 e. The van der Waals surface area contributed by atoms with Crippen LogP contribution in [0.5, 0.6) is 0 Å². The van der Waals surface area contributed by atoms with Crippen LogP contribution in [-0.4, -0.2) is 23.7 Å². The van der Waals surface area contributed by atoms with E-state index < -0.39 is 21.9 Å². The summed E-state index contributed by atoms with van der Waals surface area (Å²) in [6, 6.07) is 20.4. The lowest BCUT2D eigenvalue weighted by atomic mass is 10.2. The van der Waals surface area contributed by atoms with Crippen molar-refractivity contribution in [3.8, 4) is 0 Å². The highest BCUT2D eigenvalue weighted by Crippen LogP contribution is 2.27. The molecule has 0 aliphatic heterocycles. The van der Waals surface area contributed by atoms with Gasteiger partial charge in [-0.2, -0.15) is 4.31 Å². The average Bonchev–Trinajstić information content (AvgIpc) is 2.90. The number of carbonyl (C=O) groups is 1. The van der Waals surface area contributed by atoms with E-state index >= 15 is 0 Å². The second-order valence-corrected chi connectivity index (χ2v) is 12.0. The van der Waals surface area contributed by atoms with E-state index in [9.17, 15) is 17.6 Å². The first-order chi connectivity index (χ1) is 18.2. The van der Waals surface area contributed by atoms with Crippen LogP contribution in [0.3, 0.4) is 0 Å². The minimum atomic E-state index is -3.95. The summed E-state index contributed by atoms with van der Waals surface area (Å²) in [5.41, 5.74) is 2.75. The predicted octanol–water partition coefficient (Wildman–Crippen LogP) is 6.46. The normalized spacial score (nSPS) is 11.4. The fourth-order valence-electron chi connectivity index (χ4n) is 3.58. The smallest absolute Gasteiger partial charge is 0.319 e. The van der Waals surface area contributed by atoms with Crippen molar-refractivity contribution >= 4 is 53.6 Å². The molecule has 0 aliphatic rings. The number of sulfonamides is 1. The van der Waals surface area contributed by atoms with Crippen LogP contribution in [0.2, 0.25) is 0 Å². The number of amides is 2. The molecule has 0 saturated carbocycles. The number of halogens is 3. The van der Waals surface area contributed by atoms with E-state index in [-0.39, 0.29) is 18.0 Å². The van der Waals surface area contributed by atoms with E-state index in [0.717, 1.165) is 20.1 Å². The summed E-state index contributed by atoms with van der Waals surface area (Å²) in [6.07, 6.45) is 3.28. The van der Waals surface area contributed by atoms with Crippen molar-refractivity contribution in [1.82, 2.24) is 14.6 Å². The molecule has 2 amide bonds. The van der Waals surface area contributed by atoms with Gasteiger partial charge in [0.15, 0.2) is 0 Å². The van der Waals surface area contributed by atoms with Crippen molar-refractivity contribution in [2.45, 2.75) is 24.5 Å². The van der Waals surface area contributed by atoms with Crippen LogP contribution in [0.15, 0.2) is 105 Å². The molecular weight excluding hydrogens is 639 g/mol. The molecule has 196 valence electrons. The van der Waals surface area contributed by atoms with Gasteiger partial charge < -0.3 is 10.6 Å². The summed E-state index contributed by atoms with van der Waals surface area (Å²) in [4.78, 5) is 16.3. The van der Waals surface area contributed by atoms with Crippen molar-refractivity contribution < 1.29 is 17.6 Å². The molecule has 3 aromatic carbocycles. The van der Waals surface area contributed by atoms with Gasteiger partial charge >= 0.3 is 6.03 Å². The summed E-state index contributed by atoms with van der Waals surface area (Å²) < 4.78 is 43.8. The molecule has 0 bridgehead atoms. The third-order valence-corrected chi connectivity index (χ3v) is 8.62. The summed E-state index contributed by atoms with van der Waals surface area (Å²) in [5.74, 6) is -0.397. The highest BCUT2D eigenvalue weighted by Gasteiger charge is 2.26. The van der Waals surface area contributed by atoms with Gasteiger partial charge in [-0.05, 0) is 77.4 Å².